The maximum absolute atomic E-state index is 15.2. The number of nitrogens with one attached hydrogen (secondary N) is 1. The second-order valence-corrected chi connectivity index (χ2v) is 7.87. The molecular formula is C22H22FN5O. The van der Waals surface area contributed by atoms with Crippen LogP contribution in [0.4, 0.5) is 10.1 Å². The minimum absolute atomic E-state index is 0.0733. The monoisotopic (exact) mass is 391 g/mol. The predicted molar refractivity (Wildman–Crippen MR) is 109 cm³/mol. The highest BCUT2D eigenvalue weighted by atomic mass is 19.1. The van der Waals surface area contributed by atoms with E-state index in [1.54, 1.807) is 23.6 Å². The van der Waals surface area contributed by atoms with Crippen LogP contribution in [0, 0.1) is 17.2 Å². The summed E-state index contributed by atoms with van der Waals surface area (Å²) in [5.74, 6) is -0.689. The number of nitriles is 1. The number of hydrogen-bond acceptors (Lipinski definition) is 4. The summed E-state index contributed by atoms with van der Waals surface area (Å²) in [6.07, 6.45) is 4.69. The van der Waals surface area contributed by atoms with Crippen LogP contribution in [-0.4, -0.2) is 27.2 Å². The molecule has 2 heterocycles. The highest BCUT2D eigenvalue weighted by Crippen LogP contribution is 2.41. The van der Waals surface area contributed by atoms with E-state index in [1.807, 2.05) is 31.3 Å². The zero-order valence-electron chi connectivity index (χ0n) is 16.3. The van der Waals surface area contributed by atoms with E-state index in [9.17, 15) is 4.79 Å². The minimum atomic E-state index is -1.39. The fourth-order valence-electron chi connectivity index (χ4n) is 4.00. The molecule has 3 atom stereocenters. The number of rotatable bonds is 4. The van der Waals surface area contributed by atoms with Gasteiger partial charge in [0.2, 0.25) is 0 Å². The number of carbonyl (C=O) groups excluding carboxylic acids is 1. The fourth-order valence-corrected chi connectivity index (χ4v) is 4.00. The zero-order chi connectivity index (χ0) is 20.8. The van der Waals surface area contributed by atoms with Gasteiger partial charge >= 0.3 is 0 Å². The van der Waals surface area contributed by atoms with Crippen molar-refractivity contribution in [1.82, 2.24) is 9.61 Å². The lowest BCUT2D eigenvalue weighted by atomic mass is 9.93. The molecule has 0 spiro atoms. The lowest BCUT2D eigenvalue weighted by molar-refractivity contribution is 0.0999. The van der Waals surface area contributed by atoms with Gasteiger partial charge in [0.05, 0.1) is 40.6 Å². The summed E-state index contributed by atoms with van der Waals surface area (Å²) in [7, 11) is 0. The molecule has 2 aromatic heterocycles. The van der Waals surface area contributed by atoms with Gasteiger partial charge in [0.15, 0.2) is 0 Å². The molecule has 0 radical (unpaired) electrons. The van der Waals surface area contributed by atoms with Crippen LogP contribution in [0.3, 0.4) is 0 Å². The molecule has 29 heavy (non-hydrogen) atoms. The van der Waals surface area contributed by atoms with Crippen molar-refractivity contribution in [3.05, 3.63) is 53.9 Å². The van der Waals surface area contributed by atoms with Gasteiger partial charge in [-0.15, -0.1) is 0 Å². The Morgan fingerprint density at radius 2 is 2.07 bits per heavy atom. The van der Waals surface area contributed by atoms with Gasteiger partial charge in [-0.05, 0) is 49.4 Å². The molecule has 1 aliphatic rings. The number of aromatic nitrogens is 2. The van der Waals surface area contributed by atoms with Gasteiger partial charge in [0, 0.05) is 11.8 Å². The number of halogens is 1. The van der Waals surface area contributed by atoms with Gasteiger partial charge < -0.3 is 11.1 Å². The Balaban J connectivity index is 1.80. The van der Waals surface area contributed by atoms with E-state index in [0.29, 0.717) is 23.2 Å². The summed E-state index contributed by atoms with van der Waals surface area (Å²) in [6.45, 7) is 3.50. The first kappa shape index (κ1) is 18.9. The van der Waals surface area contributed by atoms with Crippen molar-refractivity contribution in [2.75, 3.05) is 5.32 Å². The highest BCUT2D eigenvalue weighted by molar-refractivity contribution is 6.02. The molecule has 148 valence electrons. The number of fused-ring (bicyclic) bond motifs is 1. The summed E-state index contributed by atoms with van der Waals surface area (Å²) in [6, 6.07) is 10.8. The van der Waals surface area contributed by atoms with Crippen molar-refractivity contribution >= 4 is 17.1 Å². The van der Waals surface area contributed by atoms with Gasteiger partial charge in [-0.2, -0.15) is 10.4 Å². The topological polar surface area (TPSA) is 96.2 Å². The number of carbonyl (C=O) groups is 1. The van der Waals surface area contributed by atoms with Gasteiger partial charge in [-0.25, -0.2) is 8.91 Å². The van der Waals surface area contributed by atoms with Crippen LogP contribution >= 0.6 is 0 Å². The molecule has 4 rings (SSSR count). The number of primary amides is 1. The maximum atomic E-state index is 15.2. The summed E-state index contributed by atoms with van der Waals surface area (Å²) in [5.41, 5.74) is 7.91. The van der Waals surface area contributed by atoms with Crippen LogP contribution in [0.1, 0.15) is 42.6 Å². The van der Waals surface area contributed by atoms with Crippen LogP contribution in [-0.2, 0) is 0 Å². The molecule has 0 bridgehead atoms. The Morgan fingerprint density at radius 3 is 2.66 bits per heavy atom. The number of nitrogens with two attached hydrogens (primary N) is 1. The van der Waals surface area contributed by atoms with E-state index >= 15 is 4.39 Å². The van der Waals surface area contributed by atoms with E-state index in [0.717, 1.165) is 17.5 Å². The Morgan fingerprint density at radius 1 is 1.34 bits per heavy atom. The molecule has 3 N–H and O–H groups in total. The minimum Gasteiger partial charge on any atom is -0.377 e. The van der Waals surface area contributed by atoms with Crippen molar-refractivity contribution < 1.29 is 9.18 Å². The molecule has 0 aliphatic heterocycles. The zero-order valence-corrected chi connectivity index (χ0v) is 16.3. The number of anilines is 1. The molecule has 1 aromatic carbocycles. The SMILES string of the molecule is CC1CCC(Nc2c(C(N)=O)cnn3cc(-c4ccc(C#N)cc4)cc23)C1(C)F. The third-order valence-corrected chi connectivity index (χ3v) is 6.10. The van der Waals surface area contributed by atoms with Crippen LogP contribution in [0.2, 0.25) is 0 Å². The van der Waals surface area contributed by atoms with E-state index in [-0.39, 0.29) is 11.5 Å². The van der Waals surface area contributed by atoms with E-state index < -0.39 is 17.6 Å². The van der Waals surface area contributed by atoms with E-state index in [1.165, 1.54) is 6.20 Å². The third-order valence-electron chi connectivity index (χ3n) is 6.10. The second kappa shape index (κ2) is 6.89. The van der Waals surface area contributed by atoms with Crippen molar-refractivity contribution in [1.29, 1.82) is 5.26 Å². The van der Waals surface area contributed by atoms with Gasteiger partial charge in [0.1, 0.15) is 5.67 Å². The molecule has 6 nitrogen and oxygen atoms in total. The van der Waals surface area contributed by atoms with Gasteiger partial charge in [-0.1, -0.05) is 19.1 Å². The van der Waals surface area contributed by atoms with Crippen molar-refractivity contribution in [3.8, 4) is 17.2 Å². The third kappa shape index (κ3) is 3.21. The van der Waals surface area contributed by atoms with Crippen LogP contribution in [0.25, 0.3) is 16.6 Å². The Kier molecular flexibility index (Phi) is 4.50. The predicted octanol–water partition coefficient (Wildman–Crippen LogP) is 3.91. The number of benzene rings is 1. The van der Waals surface area contributed by atoms with Crippen LogP contribution < -0.4 is 11.1 Å². The van der Waals surface area contributed by atoms with Crippen molar-refractivity contribution in [2.45, 2.75) is 38.4 Å². The second-order valence-electron chi connectivity index (χ2n) is 7.87. The summed E-state index contributed by atoms with van der Waals surface area (Å²) in [5, 5.41) is 16.5. The molecule has 1 fully saturated rings. The van der Waals surface area contributed by atoms with Crippen molar-refractivity contribution in [2.24, 2.45) is 11.7 Å². The van der Waals surface area contributed by atoms with Crippen LogP contribution in [0.5, 0.6) is 0 Å². The average Bonchev–Trinajstić information content (AvgIpc) is 3.24. The normalized spacial score (nSPS) is 23.8. The molecule has 7 heteroatoms. The maximum Gasteiger partial charge on any atom is 0.252 e. The van der Waals surface area contributed by atoms with E-state index in [2.05, 4.69) is 16.5 Å². The first-order valence-corrected chi connectivity index (χ1v) is 9.58. The first-order chi connectivity index (χ1) is 13.8. The Hall–Kier alpha value is -3.40. The number of nitrogens with zero attached hydrogens (tertiary/aromatic N) is 3. The largest absolute Gasteiger partial charge is 0.377 e. The quantitative estimate of drug-likeness (QED) is 0.705. The molecule has 3 unspecified atom stereocenters. The number of alkyl halides is 1. The van der Waals surface area contributed by atoms with E-state index in [4.69, 9.17) is 11.0 Å². The molecule has 1 amide bonds. The molecule has 1 aliphatic carbocycles. The van der Waals surface area contributed by atoms with Gasteiger partial charge in [0.25, 0.3) is 5.91 Å². The first-order valence-electron chi connectivity index (χ1n) is 9.58. The lowest BCUT2D eigenvalue weighted by Gasteiger charge is -2.29. The molecule has 3 aromatic rings. The molecular weight excluding hydrogens is 369 g/mol. The average molecular weight is 391 g/mol. The van der Waals surface area contributed by atoms with Crippen molar-refractivity contribution in [3.63, 3.8) is 0 Å². The Bertz CT molecular complexity index is 1130. The van der Waals surface area contributed by atoms with Gasteiger partial charge in [-0.3, -0.25) is 4.79 Å². The Labute approximate surface area is 168 Å². The summed E-state index contributed by atoms with van der Waals surface area (Å²) >= 11 is 0. The van der Waals surface area contributed by atoms with Crippen LogP contribution in [0.15, 0.2) is 42.7 Å². The number of amides is 1. The highest BCUT2D eigenvalue weighted by Gasteiger charge is 2.45. The smallest absolute Gasteiger partial charge is 0.252 e. The summed E-state index contributed by atoms with van der Waals surface area (Å²) < 4.78 is 16.9. The standard InChI is InChI=1S/C22H22FN5O/c1-13-3-8-19(22(13,2)23)27-20-17(21(25)29)11-26-28-12-16(9-18(20)28)15-6-4-14(10-24)5-7-15/h4-7,9,11-13,19,27H,3,8H2,1-2H3,(H2,25,29). The summed E-state index contributed by atoms with van der Waals surface area (Å²) in [4.78, 5) is 12.0. The molecule has 1 saturated carbocycles. The number of hydrogen-bond donors (Lipinski definition) is 2. The lowest BCUT2D eigenvalue weighted by Crippen LogP contribution is -2.40. The fraction of sp³-hybridized carbons (Fsp3) is 0.318. The molecule has 0 saturated heterocycles.